The van der Waals surface area contributed by atoms with Crippen LogP contribution in [0.4, 0.5) is 0 Å². The van der Waals surface area contributed by atoms with E-state index < -0.39 is 0 Å². The molecule has 0 bridgehead atoms. The van der Waals surface area contributed by atoms with Gasteiger partial charge in [0.15, 0.2) is 5.76 Å². The van der Waals surface area contributed by atoms with E-state index in [0.717, 1.165) is 52.1 Å². The SMILES string of the molecule is C=NC1=C(SCNC(C)=O)C(N(C)C)=C(/C(=C/C)c2cccnc2)OC1.CN(C(=O)C1CCCCC1)C1CCC(N2CCCC2)CC1. The number of thioether (sulfide) groups is 1. The van der Waals surface area contributed by atoms with E-state index in [0.29, 0.717) is 30.4 Å². The maximum atomic E-state index is 12.7. The van der Waals surface area contributed by atoms with Gasteiger partial charge >= 0.3 is 0 Å². The van der Waals surface area contributed by atoms with Crippen molar-refractivity contribution in [3.8, 4) is 0 Å². The first-order valence-corrected chi connectivity index (χ1v) is 18.4. The zero-order valence-corrected chi connectivity index (χ0v) is 30.1. The summed E-state index contributed by atoms with van der Waals surface area (Å²) >= 11 is 1.51. The second kappa shape index (κ2) is 18.4. The van der Waals surface area contributed by atoms with Crippen LogP contribution < -0.4 is 5.32 Å². The number of likely N-dealkylation sites (tertiary alicyclic amines) is 1. The van der Waals surface area contributed by atoms with Gasteiger partial charge in [0.2, 0.25) is 11.8 Å². The Morgan fingerprint density at radius 1 is 1.09 bits per heavy atom. The fourth-order valence-corrected chi connectivity index (χ4v) is 8.41. The van der Waals surface area contributed by atoms with Crippen LogP contribution in [0.2, 0.25) is 0 Å². The van der Waals surface area contributed by atoms with Gasteiger partial charge in [-0.3, -0.25) is 19.6 Å². The lowest BCUT2D eigenvalue weighted by Crippen LogP contribution is -2.46. The minimum Gasteiger partial charge on any atom is -0.484 e. The normalized spacial score (nSPS) is 22.6. The number of carbonyl (C=O) groups excluding carboxylic acids is 2. The first kappa shape index (κ1) is 36.7. The molecule has 47 heavy (non-hydrogen) atoms. The largest absolute Gasteiger partial charge is 0.484 e. The minimum atomic E-state index is -0.0709. The van der Waals surface area contributed by atoms with Crippen molar-refractivity contribution in [3.05, 3.63) is 58.2 Å². The van der Waals surface area contributed by atoms with Crippen molar-refractivity contribution < 1.29 is 14.3 Å². The summed E-state index contributed by atoms with van der Waals surface area (Å²) in [5.41, 5.74) is 3.61. The molecule has 0 atom stereocenters. The number of hydrogen-bond acceptors (Lipinski definition) is 8. The Labute approximate surface area is 287 Å². The van der Waals surface area contributed by atoms with Crippen molar-refractivity contribution in [2.24, 2.45) is 10.9 Å². The smallest absolute Gasteiger partial charge is 0.225 e. The van der Waals surface area contributed by atoms with Crippen LogP contribution in [-0.4, -0.2) is 97.0 Å². The van der Waals surface area contributed by atoms with Gasteiger partial charge in [0.1, 0.15) is 6.61 Å². The summed E-state index contributed by atoms with van der Waals surface area (Å²) in [4.78, 5) is 40.0. The highest BCUT2D eigenvalue weighted by Crippen LogP contribution is 2.40. The first-order valence-electron chi connectivity index (χ1n) is 17.4. The summed E-state index contributed by atoms with van der Waals surface area (Å²) in [6.45, 7) is 10.1. The van der Waals surface area contributed by atoms with Gasteiger partial charge in [0.05, 0.1) is 22.2 Å². The molecule has 3 heterocycles. The van der Waals surface area contributed by atoms with E-state index in [9.17, 15) is 9.59 Å². The number of carbonyl (C=O) groups is 2. The van der Waals surface area contributed by atoms with Crippen molar-refractivity contribution in [1.29, 1.82) is 0 Å². The molecule has 3 fully saturated rings. The molecule has 0 unspecified atom stereocenters. The van der Waals surface area contributed by atoms with Crippen molar-refractivity contribution in [3.63, 3.8) is 0 Å². The Morgan fingerprint density at radius 2 is 1.79 bits per heavy atom. The predicted molar refractivity (Wildman–Crippen MR) is 194 cm³/mol. The third-order valence-electron chi connectivity index (χ3n) is 9.90. The van der Waals surface area contributed by atoms with Crippen LogP contribution in [0.5, 0.6) is 0 Å². The van der Waals surface area contributed by atoms with Crippen LogP contribution in [0.3, 0.4) is 0 Å². The number of rotatable bonds is 10. The number of amides is 2. The van der Waals surface area contributed by atoms with Gasteiger partial charge in [0, 0.05) is 69.6 Å². The highest BCUT2D eigenvalue weighted by Gasteiger charge is 2.33. The van der Waals surface area contributed by atoms with Gasteiger partial charge in [-0.1, -0.05) is 31.4 Å². The third kappa shape index (κ3) is 9.95. The number of allylic oxidation sites excluding steroid dienone is 2. The molecule has 1 saturated heterocycles. The number of aliphatic imine (C=N–C) groups is 1. The molecule has 4 aliphatic rings. The van der Waals surface area contributed by atoms with Crippen LogP contribution in [0.25, 0.3) is 5.57 Å². The maximum Gasteiger partial charge on any atom is 0.225 e. The van der Waals surface area contributed by atoms with E-state index in [-0.39, 0.29) is 5.91 Å². The number of aromatic nitrogens is 1. The lowest BCUT2D eigenvalue weighted by atomic mass is 9.86. The fraction of sp³-hybridized carbons (Fsp3) is 0.622. The number of nitrogens with one attached hydrogen (secondary N) is 1. The highest BCUT2D eigenvalue weighted by molar-refractivity contribution is 8.03. The lowest BCUT2D eigenvalue weighted by Gasteiger charge is -2.39. The summed E-state index contributed by atoms with van der Waals surface area (Å²) in [7, 11) is 5.98. The summed E-state index contributed by atoms with van der Waals surface area (Å²) in [5, 5.41) is 2.81. The van der Waals surface area contributed by atoms with Crippen LogP contribution in [-0.2, 0) is 14.3 Å². The molecule has 0 radical (unpaired) electrons. The molecule has 1 N–H and O–H groups in total. The second-order valence-corrected chi connectivity index (χ2v) is 14.2. The topological polar surface area (TPSA) is 90.4 Å². The molecule has 9 nitrogen and oxygen atoms in total. The molecule has 0 aromatic carbocycles. The number of hydrogen-bond donors (Lipinski definition) is 1. The van der Waals surface area contributed by atoms with E-state index in [2.05, 4.69) is 38.9 Å². The van der Waals surface area contributed by atoms with E-state index >= 15 is 0 Å². The monoisotopic (exact) mass is 664 g/mol. The maximum absolute atomic E-state index is 12.7. The average Bonchev–Trinajstić information content (AvgIpc) is 3.64. The Balaban J connectivity index is 0.000000217. The molecular weight excluding hydrogens is 609 g/mol. The Morgan fingerprint density at radius 3 is 2.36 bits per heavy atom. The van der Waals surface area contributed by atoms with Gasteiger partial charge in [-0.15, -0.1) is 11.8 Å². The van der Waals surface area contributed by atoms with Crippen molar-refractivity contribution in [2.75, 3.05) is 46.7 Å². The summed E-state index contributed by atoms with van der Waals surface area (Å²) < 4.78 is 6.07. The summed E-state index contributed by atoms with van der Waals surface area (Å²) in [6.07, 6.45) is 19.5. The van der Waals surface area contributed by atoms with Crippen LogP contribution >= 0.6 is 11.8 Å². The van der Waals surface area contributed by atoms with Crippen molar-refractivity contribution in [1.82, 2.24) is 25.0 Å². The molecule has 1 aromatic rings. The number of nitrogens with zero attached hydrogens (tertiary/aromatic N) is 5. The molecule has 0 spiro atoms. The van der Waals surface area contributed by atoms with Gasteiger partial charge in [-0.25, -0.2) is 0 Å². The molecule has 2 aliphatic heterocycles. The van der Waals surface area contributed by atoms with E-state index in [1.807, 2.05) is 50.3 Å². The van der Waals surface area contributed by atoms with Gasteiger partial charge in [-0.2, -0.15) is 0 Å². The minimum absolute atomic E-state index is 0.0709. The van der Waals surface area contributed by atoms with E-state index in [4.69, 9.17) is 4.74 Å². The molecule has 258 valence electrons. The van der Waals surface area contributed by atoms with E-state index in [1.165, 1.54) is 89.6 Å². The van der Waals surface area contributed by atoms with Crippen LogP contribution in [0.15, 0.2) is 57.7 Å². The Hall–Kier alpha value is -3.11. The van der Waals surface area contributed by atoms with Gasteiger partial charge in [-0.05, 0) is 84.2 Å². The summed E-state index contributed by atoms with van der Waals surface area (Å²) in [6, 6.07) is 5.22. The van der Waals surface area contributed by atoms with Crippen molar-refractivity contribution >= 4 is 35.9 Å². The molecule has 2 amide bonds. The molecule has 2 saturated carbocycles. The standard InChI is InChI=1S/C19H24N4O2S.C18H32N2O/c1-6-15(14-8-7-9-21-10-14)18-17(23(4)5)19(16(20-3)11-25-18)26-12-22-13(2)24;1-19(18(21)15-7-3-2-4-8-15)16-9-11-17(12-10-16)20-13-5-6-14-20/h6-10H,3,11-12H2,1-2,4-5H3,(H,22,24);15-17H,2-14H2,1H3/b15-6+;. The third-order valence-corrected chi connectivity index (χ3v) is 10.9. The number of likely N-dealkylation sites (N-methyl/N-ethyl adjacent to an activating group) is 1. The second-order valence-electron chi connectivity index (χ2n) is 13.2. The van der Waals surface area contributed by atoms with Crippen molar-refractivity contribution in [2.45, 2.75) is 96.6 Å². The molecule has 1 aromatic heterocycles. The highest BCUT2D eigenvalue weighted by atomic mass is 32.2. The summed E-state index contributed by atoms with van der Waals surface area (Å²) in [5.74, 6) is 1.92. The van der Waals surface area contributed by atoms with Gasteiger partial charge in [0.25, 0.3) is 0 Å². The number of pyridine rings is 1. The molecular formula is C37H56N6O3S. The molecule has 5 rings (SSSR count). The molecule has 10 heteroatoms. The first-order chi connectivity index (χ1) is 22.7. The quantitative estimate of drug-likeness (QED) is 0.227. The van der Waals surface area contributed by atoms with Gasteiger partial charge < -0.3 is 24.8 Å². The van der Waals surface area contributed by atoms with Crippen LogP contribution in [0, 0.1) is 5.92 Å². The van der Waals surface area contributed by atoms with Crippen LogP contribution in [0.1, 0.15) is 90.0 Å². The van der Waals surface area contributed by atoms with E-state index in [1.54, 1.807) is 6.20 Å². The molecule has 2 aliphatic carbocycles. The average molecular weight is 665 g/mol. The Bertz CT molecular complexity index is 1290. The Kier molecular flexibility index (Phi) is 14.4. The lowest BCUT2D eigenvalue weighted by molar-refractivity contribution is -0.138. The predicted octanol–water partition coefficient (Wildman–Crippen LogP) is 6.46. The fourth-order valence-electron chi connectivity index (χ4n) is 7.29. The zero-order valence-electron chi connectivity index (χ0n) is 29.3. The number of ether oxygens (including phenoxy) is 1. The zero-order chi connectivity index (χ0) is 33.8.